The van der Waals surface area contributed by atoms with Crippen molar-refractivity contribution in [1.82, 2.24) is 24.5 Å². The molecule has 0 spiro atoms. The van der Waals surface area contributed by atoms with E-state index in [1.165, 1.54) is 55.5 Å². The summed E-state index contributed by atoms with van der Waals surface area (Å²) in [6.07, 6.45) is 5.65. The van der Waals surface area contributed by atoms with E-state index in [0.29, 0.717) is 0 Å². The molecule has 1 N–H and O–H groups in total. The second kappa shape index (κ2) is 15.5. The van der Waals surface area contributed by atoms with E-state index in [0.717, 1.165) is 78.0 Å². The number of rotatable bonds is 7. The van der Waals surface area contributed by atoms with Crippen LogP contribution in [0.4, 0.5) is 0 Å². The summed E-state index contributed by atoms with van der Waals surface area (Å²) >= 11 is 0. The van der Waals surface area contributed by atoms with Gasteiger partial charge in [-0.1, -0.05) is 133 Å². The zero-order valence-electron chi connectivity index (χ0n) is 38.0. The van der Waals surface area contributed by atoms with Crippen LogP contribution < -0.4 is 0 Å². The van der Waals surface area contributed by atoms with Gasteiger partial charge in [0.1, 0.15) is 5.82 Å². The Morgan fingerprint density at radius 2 is 1.18 bits per heavy atom. The van der Waals surface area contributed by atoms with Gasteiger partial charge in [0.25, 0.3) is 0 Å². The highest BCUT2D eigenvalue weighted by atomic mass is 15.1. The number of hydrogen-bond acceptors (Lipinski definition) is 3. The van der Waals surface area contributed by atoms with Crippen LogP contribution in [0.5, 0.6) is 0 Å². The minimum atomic E-state index is -0.635. The third kappa shape index (κ3) is 5.99. The Kier molecular flexibility index (Phi) is 9.02. The molecule has 12 aromatic rings. The fraction of sp³-hybridized carbons (Fsp3) is 0.0635. The molecule has 5 nitrogen and oxygen atoms in total. The number of imidazole rings is 1. The van der Waals surface area contributed by atoms with E-state index < -0.39 is 5.41 Å². The molecule has 0 saturated carbocycles. The third-order valence-corrected chi connectivity index (χ3v) is 14.2. The molecule has 0 unspecified atom stereocenters. The van der Waals surface area contributed by atoms with Gasteiger partial charge in [0.05, 0.1) is 27.7 Å². The predicted octanol–water partition coefficient (Wildman–Crippen LogP) is 15.4. The van der Waals surface area contributed by atoms with Gasteiger partial charge in [-0.15, -0.1) is 0 Å². The fourth-order valence-corrected chi connectivity index (χ4v) is 11.5. The van der Waals surface area contributed by atoms with Gasteiger partial charge in [-0.3, -0.25) is 14.5 Å². The van der Waals surface area contributed by atoms with Crippen molar-refractivity contribution in [1.29, 1.82) is 0 Å². The highest BCUT2D eigenvalue weighted by Gasteiger charge is 2.47. The number of para-hydroxylation sites is 2. The first-order valence-corrected chi connectivity index (χ1v) is 23.3. The van der Waals surface area contributed by atoms with Crippen LogP contribution in [-0.2, 0) is 5.41 Å². The van der Waals surface area contributed by atoms with Crippen LogP contribution in [0.1, 0.15) is 39.1 Å². The molecule has 0 radical (unpaired) electrons. The summed E-state index contributed by atoms with van der Waals surface area (Å²) in [6.45, 7) is 6.61. The number of benzene rings is 8. The average molecular weight is 872 g/mol. The monoisotopic (exact) mass is 871 g/mol. The molecule has 68 heavy (non-hydrogen) atoms. The van der Waals surface area contributed by atoms with E-state index in [-0.39, 0.29) is 0 Å². The molecule has 0 amide bonds. The lowest BCUT2D eigenvalue weighted by molar-refractivity contribution is 0.735. The number of aromatic amines is 1. The van der Waals surface area contributed by atoms with E-state index in [9.17, 15) is 0 Å². The molecule has 0 atom stereocenters. The first kappa shape index (κ1) is 39.7. The number of hydrogen-bond donors (Lipinski definition) is 1. The molecule has 0 fully saturated rings. The zero-order valence-corrected chi connectivity index (χ0v) is 38.0. The summed E-state index contributed by atoms with van der Waals surface area (Å²) < 4.78 is 2.38. The number of H-pyrrole nitrogens is 1. The Morgan fingerprint density at radius 1 is 0.485 bits per heavy atom. The lowest BCUT2D eigenvalue weighted by Crippen LogP contribution is -2.29. The maximum Gasteiger partial charge on any atom is 0.147 e. The van der Waals surface area contributed by atoms with Crippen molar-refractivity contribution >= 4 is 32.8 Å². The van der Waals surface area contributed by atoms with Crippen LogP contribution >= 0.6 is 0 Å². The molecule has 13 rings (SSSR count). The fourth-order valence-electron chi connectivity index (χ4n) is 11.5. The van der Waals surface area contributed by atoms with E-state index >= 15 is 0 Å². The molecule has 0 aliphatic heterocycles. The normalized spacial score (nSPS) is 12.8. The van der Waals surface area contributed by atoms with E-state index in [1.54, 1.807) is 0 Å². The molecular formula is C63H45N5. The Balaban J connectivity index is 1.09. The number of fused-ring (bicyclic) bond motifs is 7. The number of nitrogens with zero attached hydrogens (tertiary/aromatic N) is 4. The SMILES string of the molecule is Cc1cc(C)c(-c2cccc(-n3c(-c4cc(-c5ccncc5)cc5c4[nH]c4ccccc45)nc4c(-c5cccc(C6(c7ccccn7)c7ccccc7-c7ccccc76)c5)cccc43)c2)c(C)c1. The minimum absolute atomic E-state index is 0.635. The Morgan fingerprint density at radius 3 is 1.96 bits per heavy atom. The van der Waals surface area contributed by atoms with Gasteiger partial charge in [-0.25, -0.2) is 4.98 Å². The zero-order chi connectivity index (χ0) is 45.5. The number of nitrogens with one attached hydrogen (secondary N) is 1. The van der Waals surface area contributed by atoms with Crippen molar-refractivity contribution in [3.63, 3.8) is 0 Å². The van der Waals surface area contributed by atoms with Gasteiger partial charge in [-0.2, -0.15) is 0 Å². The summed E-state index contributed by atoms with van der Waals surface area (Å²) in [5, 5.41) is 2.32. The number of aromatic nitrogens is 5. The lowest BCUT2D eigenvalue weighted by Gasteiger charge is -2.33. The Labute approximate surface area is 395 Å². The smallest absolute Gasteiger partial charge is 0.147 e. The van der Waals surface area contributed by atoms with Gasteiger partial charge >= 0.3 is 0 Å². The van der Waals surface area contributed by atoms with E-state index in [1.807, 2.05) is 24.7 Å². The van der Waals surface area contributed by atoms with Gasteiger partial charge < -0.3 is 4.98 Å². The minimum Gasteiger partial charge on any atom is -0.354 e. The summed E-state index contributed by atoms with van der Waals surface area (Å²) in [5.74, 6) is 0.856. The van der Waals surface area contributed by atoms with Gasteiger partial charge in [0.2, 0.25) is 0 Å². The van der Waals surface area contributed by atoms with Crippen molar-refractivity contribution in [3.05, 3.63) is 252 Å². The first-order valence-electron chi connectivity index (χ1n) is 23.3. The molecular weight excluding hydrogens is 827 g/mol. The van der Waals surface area contributed by atoms with Crippen molar-refractivity contribution in [2.75, 3.05) is 0 Å². The maximum atomic E-state index is 5.83. The largest absolute Gasteiger partial charge is 0.354 e. The second-order valence-corrected chi connectivity index (χ2v) is 18.3. The molecule has 4 aromatic heterocycles. The van der Waals surface area contributed by atoms with Gasteiger partial charge in [0, 0.05) is 51.7 Å². The Bertz CT molecular complexity index is 3880. The second-order valence-electron chi connectivity index (χ2n) is 18.3. The van der Waals surface area contributed by atoms with Gasteiger partial charge in [-0.05, 0) is 154 Å². The van der Waals surface area contributed by atoms with E-state index in [4.69, 9.17) is 9.97 Å². The van der Waals surface area contributed by atoms with Crippen LogP contribution in [0.15, 0.2) is 213 Å². The van der Waals surface area contributed by atoms with Crippen LogP contribution in [-0.4, -0.2) is 24.5 Å². The molecule has 322 valence electrons. The highest BCUT2D eigenvalue weighted by Crippen LogP contribution is 2.56. The molecule has 8 aromatic carbocycles. The van der Waals surface area contributed by atoms with Crippen molar-refractivity contribution in [2.24, 2.45) is 0 Å². The van der Waals surface area contributed by atoms with Gasteiger partial charge in [0.15, 0.2) is 0 Å². The van der Waals surface area contributed by atoms with Crippen LogP contribution in [0.2, 0.25) is 0 Å². The van der Waals surface area contributed by atoms with Crippen molar-refractivity contribution in [3.8, 4) is 61.6 Å². The lowest BCUT2D eigenvalue weighted by atomic mass is 9.69. The highest BCUT2D eigenvalue weighted by molar-refractivity contribution is 6.13. The topological polar surface area (TPSA) is 59.4 Å². The number of aryl methyl sites for hydroxylation is 3. The third-order valence-electron chi connectivity index (χ3n) is 14.2. The van der Waals surface area contributed by atoms with Crippen molar-refractivity contribution in [2.45, 2.75) is 26.2 Å². The van der Waals surface area contributed by atoms with Crippen LogP contribution in [0.3, 0.4) is 0 Å². The molecule has 5 heteroatoms. The molecule has 0 bridgehead atoms. The first-order chi connectivity index (χ1) is 33.5. The summed E-state index contributed by atoms with van der Waals surface area (Å²) in [6, 6.07) is 70.6. The quantitative estimate of drug-likeness (QED) is 0.174. The predicted molar refractivity (Wildman–Crippen MR) is 279 cm³/mol. The Hall–Kier alpha value is -8.67. The molecule has 1 aliphatic carbocycles. The number of pyridine rings is 2. The van der Waals surface area contributed by atoms with Crippen molar-refractivity contribution < 1.29 is 0 Å². The summed E-state index contributed by atoms with van der Waals surface area (Å²) in [5.41, 5.74) is 23.1. The van der Waals surface area contributed by atoms with Crippen LogP contribution in [0.25, 0.3) is 94.4 Å². The summed E-state index contributed by atoms with van der Waals surface area (Å²) in [7, 11) is 0. The standard InChI is InChI=1S/C63H45N5/c1-39-33-40(2)59(41(3)34-39)44-16-13-18-47(36-44)68-57-26-14-22-48(61(57)67-62(68)53-38-45(42-28-31-64-32-29-42)37-52-51-21-6-9-25-56(51)66-60(52)53)43-15-12-17-46(35-43)63(58-27-10-11-30-65-58)54-23-7-4-19-49(54)50-20-5-8-24-55(50)63/h4-38,66H,1-3H3. The van der Waals surface area contributed by atoms with E-state index in [2.05, 4.69) is 223 Å². The molecule has 0 saturated heterocycles. The summed E-state index contributed by atoms with van der Waals surface area (Å²) in [4.78, 5) is 19.2. The van der Waals surface area contributed by atoms with Crippen LogP contribution in [0, 0.1) is 20.8 Å². The molecule has 1 aliphatic rings. The molecule has 4 heterocycles. The maximum absolute atomic E-state index is 5.83. The average Bonchev–Trinajstić information content (AvgIpc) is 4.05.